The highest BCUT2D eigenvalue weighted by Crippen LogP contribution is 2.44. The highest BCUT2D eigenvalue weighted by molar-refractivity contribution is 5.94. The summed E-state index contributed by atoms with van der Waals surface area (Å²) in [5.74, 6) is 0.868. The van der Waals surface area contributed by atoms with Crippen molar-refractivity contribution in [2.24, 2.45) is 0 Å². The zero-order valence-corrected chi connectivity index (χ0v) is 15.6. The zero-order chi connectivity index (χ0) is 19.7. The number of H-pyrrole nitrogens is 1. The Hall–Kier alpha value is -3.35. The summed E-state index contributed by atoms with van der Waals surface area (Å²) in [4.78, 5) is 12.2. The van der Waals surface area contributed by atoms with Crippen molar-refractivity contribution in [3.8, 4) is 11.5 Å². The number of aromatic nitrogens is 2. The molecule has 0 radical (unpaired) electrons. The van der Waals surface area contributed by atoms with Gasteiger partial charge in [-0.2, -0.15) is 5.10 Å². The molecule has 1 aliphatic rings. The van der Waals surface area contributed by atoms with Crippen molar-refractivity contribution in [1.29, 1.82) is 0 Å². The first-order chi connectivity index (χ1) is 13.6. The molecule has 0 unspecified atom stereocenters. The van der Waals surface area contributed by atoms with E-state index in [-0.39, 0.29) is 30.7 Å². The minimum atomic E-state index is -0.330. The van der Waals surface area contributed by atoms with Gasteiger partial charge in [0.15, 0.2) is 17.3 Å². The largest absolute Gasteiger partial charge is 0.493 e. The number of nitrogens with zero attached hydrogens (tertiary/aromatic N) is 1. The van der Waals surface area contributed by atoms with Crippen LogP contribution in [0.3, 0.4) is 0 Å². The molecule has 2 aromatic carbocycles. The molecule has 0 bridgehead atoms. The van der Waals surface area contributed by atoms with Crippen LogP contribution in [-0.4, -0.2) is 23.2 Å². The van der Waals surface area contributed by atoms with E-state index in [2.05, 4.69) is 15.5 Å². The molecule has 2 heterocycles. The molecule has 0 fully saturated rings. The number of carbonyl (C=O) groups is 1. The molecule has 7 heteroatoms. The maximum atomic E-state index is 14.0. The lowest BCUT2D eigenvalue weighted by atomic mass is 9.85. The van der Waals surface area contributed by atoms with Gasteiger partial charge in [-0.3, -0.25) is 9.89 Å². The Kier molecular flexibility index (Phi) is 4.73. The SMILES string of the molecule is COc1cccc([C@H]2CC(=O)Nc3n[nH]c(C)c32)c1OCc1ccccc1F. The smallest absolute Gasteiger partial charge is 0.226 e. The fourth-order valence-corrected chi connectivity index (χ4v) is 3.58. The molecule has 0 saturated carbocycles. The van der Waals surface area contributed by atoms with Crippen LogP contribution in [0.5, 0.6) is 11.5 Å². The third kappa shape index (κ3) is 3.19. The van der Waals surface area contributed by atoms with E-state index in [0.29, 0.717) is 22.9 Å². The summed E-state index contributed by atoms with van der Waals surface area (Å²) in [7, 11) is 1.55. The Morgan fingerprint density at radius 2 is 2.04 bits per heavy atom. The number of rotatable bonds is 5. The maximum Gasteiger partial charge on any atom is 0.226 e. The number of aryl methyl sites for hydroxylation is 1. The first kappa shape index (κ1) is 18.0. The number of aromatic amines is 1. The minimum absolute atomic E-state index is 0.0518. The van der Waals surface area contributed by atoms with Crippen LogP contribution in [0.4, 0.5) is 10.2 Å². The average molecular weight is 381 g/mol. The first-order valence-corrected chi connectivity index (χ1v) is 8.96. The standard InChI is InChI=1S/C21H20FN3O3/c1-12-19-15(10-18(26)23-21(19)25-24-12)14-7-5-9-17(27-2)20(14)28-11-13-6-3-4-8-16(13)22/h3-9,15H,10-11H2,1-2H3,(H2,23,24,25,26)/t15-/m1/s1. The van der Waals surface area contributed by atoms with Crippen LogP contribution in [0, 0.1) is 12.7 Å². The van der Waals surface area contributed by atoms with Gasteiger partial charge in [-0.25, -0.2) is 4.39 Å². The highest BCUT2D eigenvalue weighted by atomic mass is 19.1. The van der Waals surface area contributed by atoms with Crippen molar-refractivity contribution in [2.45, 2.75) is 25.9 Å². The predicted octanol–water partition coefficient (Wildman–Crippen LogP) is 3.92. The van der Waals surface area contributed by atoms with Crippen LogP contribution in [0.15, 0.2) is 42.5 Å². The van der Waals surface area contributed by atoms with Gasteiger partial charge in [0, 0.05) is 34.7 Å². The van der Waals surface area contributed by atoms with E-state index in [9.17, 15) is 9.18 Å². The van der Waals surface area contributed by atoms with Crippen molar-refractivity contribution >= 4 is 11.7 Å². The molecule has 0 saturated heterocycles. The second-order valence-corrected chi connectivity index (χ2v) is 6.67. The summed E-state index contributed by atoms with van der Waals surface area (Å²) in [6.07, 6.45) is 0.261. The monoisotopic (exact) mass is 381 g/mol. The summed E-state index contributed by atoms with van der Waals surface area (Å²) in [6.45, 7) is 1.96. The number of amides is 1. The number of halogens is 1. The summed E-state index contributed by atoms with van der Waals surface area (Å²) < 4.78 is 25.5. The van der Waals surface area contributed by atoms with Gasteiger partial charge < -0.3 is 14.8 Å². The number of nitrogens with one attached hydrogen (secondary N) is 2. The van der Waals surface area contributed by atoms with Crippen molar-refractivity contribution in [2.75, 3.05) is 12.4 Å². The zero-order valence-electron chi connectivity index (χ0n) is 15.6. The topological polar surface area (TPSA) is 76.2 Å². The molecular formula is C21H20FN3O3. The predicted molar refractivity (Wildman–Crippen MR) is 102 cm³/mol. The molecule has 1 amide bonds. The molecule has 4 rings (SSSR count). The van der Waals surface area contributed by atoms with Crippen LogP contribution >= 0.6 is 0 Å². The van der Waals surface area contributed by atoms with E-state index in [1.807, 2.05) is 19.1 Å². The Bertz CT molecular complexity index is 1030. The summed E-state index contributed by atoms with van der Waals surface area (Å²) in [5.41, 5.74) is 3.05. The van der Waals surface area contributed by atoms with Crippen molar-refractivity contribution in [3.63, 3.8) is 0 Å². The molecule has 144 valence electrons. The van der Waals surface area contributed by atoms with Crippen LogP contribution in [0.2, 0.25) is 0 Å². The highest BCUT2D eigenvalue weighted by Gasteiger charge is 2.33. The average Bonchev–Trinajstić information content (AvgIpc) is 3.07. The molecule has 28 heavy (non-hydrogen) atoms. The maximum absolute atomic E-state index is 14.0. The number of carbonyl (C=O) groups excluding carboxylic acids is 1. The molecule has 1 aromatic heterocycles. The number of para-hydroxylation sites is 1. The Labute approximate surface area is 161 Å². The van der Waals surface area contributed by atoms with Gasteiger partial charge in [0.25, 0.3) is 0 Å². The fraction of sp³-hybridized carbons (Fsp3) is 0.238. The van der Waals surface area contributed by atoms with Crippen LogP contribution < -0.4 is 14.8 Å². The van der Waals surface area contributed by atoms with E-state index in [1.165, 1.54) is 6.07 Å². The Morgan fingerprint density at radius 1 is 1.21 bits per heavy atom. The lowest BCUT2D eigenvalue weighted by Crippen LogP contribution is -2.24. The lowest BCUT2D eigenvalue weighted by molar-refractivity contribution is -0.116. The second-order valence-electron chi connectivity index (χ2n) is 6.67. The summed E-state index contributed by atoms with van der Waals surface area (Å²) in [5, 5.41) is 9.90. The number of methoxy groups -OCH3 is 1. The van der Waals surface area contributed by atoms with E-state index in [0.717, 1.165) is 16.8 Å². The number of benzene rings is 2. The van der Waals surface area contributed by atoms with Gasteiger partial charge in [-0.15, -0.1) is 0 Å². The van der Waals surface area contributed by atoms with Crippen LogP contribution in [0.1, 0.15) is 34.7 Å². The third-order valence-electron chi connectivity index (χ3n) is 4.92. The van der Waals surface area contributed by atoms with Crippen molar-refractivity contribution < 1.29 is 18.7 Å². The molecule has 1 aliphatic heterocycles. The third-order valence-corrected chi connectivity index (χ3v) is 4.92. The number of hydrogen-bond acceptors (Lipinski definition) is 4. The normalized spacial score (nSPS) is 15.7. The molecule has 0 aliphatic carbocycles. The molecule has 6 nitrogen and oxygen atoms in total. The second kappa shape index (κ2) is 7.34. The number of anilines is 1. The van der Waals surface area contributed by atoms with E-state index >= 15 is 0 Å². The Morgan fingerprint density at radius 3 is 2.82 bits per heavy atom. The van der Waals surface area contributed by atoms with Crippen molar-refractivity contribution in [3.05, 3.63) is 70.7 Å². The van der Waals surface area contributed by atoms with E-state index in [4.69, 9.17) is 9.47 Å². The Balaban J connectivity index is 1.75. The van der Waals surface area contributed by atoms with Crippen LogP contribution in [-0.2, 0) is 11.4 Å². The van der Waals surface area contributed by atoms with E-state index < -0.39 is 0 Å². The number of fused-ring (bicyclic) bond motifs is 1. The number of ether oxygens (including phenoxy) is 2. The lowest BCUT2D eigenvalue weighted by Gasteiger charge is -2.25. The van der Waals surface area contributed by atoms with Gasteiger partial charge in [0.1, 0.15) is 12.4 Å². The van der Waals surface area contributed by atoms with Gasteiger partial charge >= 0.3 is 0 Å². The molecular weight excluding hydrogens is 361 g/mol. The van der Waals surface area contributed by atoms with Crippen molar-refractivity contribution in [1.82, 2.24) is 10.2 Å². The minimum Gasteiger partial charge on any atom is -0.493 e. The van der Waals surface area contributed by atoms with Gasteiger partial charge in [-0.05, 0) is 19.1 Å². The fourth-order valence-electron chi connectivity index (χ4n) is 3.58. The van der Waals surface area contributed by atoms with Gasteiger partial charge in [-0.1, -0.05) is 30.3 Å². The first-order valence-electron chi connectivity index (χ1n) is 8.96. The number of hydrogen-bond donors (Lipinski definition) is 2. The summed E-state index contributed by atoms with van der Waals surface area (Å²) >= 11 is 0. The quantitative estimate of drug-likeness (QED) is 0.702. The molecule has 3 aromatic rings. The molecule has 1 atom stereocenters. The summed E-state index contributed by atoms with van der Waals surface area (Å²) in [6, 6.07) is 12.0. The molecule has 2 N–H and O–H groups in total. The van der Waals surface area contributed by atoms with Gasteiger partial charge in [0.2, 0.25) is 5.91 Å². The van der Waals surface area contributed by atoms with E-state index in [1.54, 1.807) is 31.4 Å². The van der Waals surface area contributed by atoms with Crippen LogP contribution in [0.25, 0.3) is 0 Å². The van der Waals surface area contributed by atoms with Gasteiger partial charge in [0.05, 0.1) is 7.11 Å². The molecule has 0 spiro atoms.